The van der Waals surface area contributed by atoms with Crippen molar-refractivity contribution >= 4 is 23.3 Å². The standard InChI is InChI=1S/C27H28N2O3/c1-27(2)26(31)29(24-16-10-9-15-23(24)28-27)17-18-32-25(30)19-22(20-11-5-3-6-12-20)21-13-7-4-8-14-21/h3-16,22,28H,17-19H2,1-2H3. The molecule has 4 rings (SSSR count). The number of para-hydroxylation sites is 2. The highest BCUT2D eigenvalue weighted by molar-refractivity contribution is 6.07. The lowest BCUT2D eigenvalue weighted by atomic mass is 9.89. The molecule has 0 aromatic heterocycles. The zero-order valence-electron chi connectivity index (χ0n) is 18.5. The second kappa shape index (κ2) is 9.27. The van der Waals surface area contributed by atoms with Crippen LogP contribution in [0.25, 0.3) is 0 Å². The van der Waals surface area contributed by atoms with Crippen molar-refractivity contribution in [3.8, 4) is 0 Å². The summed E-state index contributed by atoms with van der Waals surface area (Å²) in [7, 11) is 0. The SMILES string of the molecule is CC1(C)Nc2ccccc2N(CCOC(=O)CC(c2ccccc2)c2ccccc2)C1=O. The first-order valence-electron chi connectivity index (χ1n) is 10.9. The molecule has 0 fully saturated rings. The summed E-state index contributed by atoms with van der Waals surface area (Å²) in [6, 6.07) is 27.7. The van der Waals surface area contributed by atoms with Crippen LogP contribution in [0, 0.1) is 0 Å². The van der Waals surface area contributed by atoms with Gasteiger partial charge >= 0.3 is 5.97 Å². The van der Waals surface area contributed by atoms with Gasteiger partial charge in [0.1, 0.15) is 12.1 Å². The molecule has 0 spiro atoms. The number of carbonyl (C=O) groups excluding carboxylic acids is 2. The van der Waals surface area contributed by atoms with E-state index in [-0.39, 0.29) is 30.8 Å². The Balaban J connectivity index is 1.43. The first-order chi connectivity index (χ1) is 15.5. The number of benzene rings is 3. The summed E-state index contributed by atoms with van der Waals surface area (Å²) in [6.45, 7) is 4.17. The van der Waals surface area contributed by atoms with E-state index in [2.05, 4.69) is 5.32 Å². The Morgan fingerprint density at radius 3 is 2.09 bits per heavy atom. The van der Waals surface area contributed by atoms with Crippen LogP contribution in [0.3, 0.4) is 0 Å². The molecule has 0 saturated carbocycles. The van der Waals surface area contributed by atoms with Crippen molar-refractivity contribution in [2.75, 3.05) is 23.4 Å². The van der Waals surface area contributed by atoms with E-state index >= 15 is 0 Å². The molecule has 164 valence electrons. The second-order valence-electron chi connectivity index (χ2n) is 8.52. The number of amides is 1. The summed E-state index contributed by atoms with van der Waals surface area (Å²) in [5.41, 5.74) is 3.13. The minimum absolute atomic E-state index is 0.0429. The van der Waals surface area contributed by atoms with Crippen LogP contribution >= 0.6 is 0 Å². The number of rotatable bonds is 7. The van der Waals surface area contributed by atoms with E-state index in [0.717, 1.165) is 22.5 Å². The molecule has 0 bridgehead atoms. The quantitative estimate of drug-likeness (QED) is 0.539. The number of nitrogens with zero attached hydrogens (tertiary/aromatic N) is 1. The predicted molar refractivity (Wildman–Crippen MR) is 127 cm³/mol. The van der Waals surface area contributed by atoms with E-state index in [1.54, 1.807) is 4.90 Å². The lowest BCUT2D eigenvalue weighted by molar-refractivity contribution is -0.144. The topological polar surface area (TPSA) is 58.6 Å². The second-order valence-corrected chi connectivity index (χ2v) is 8.52. The first-order valence-corrected chi connectivity index (χ1v) is 10.9. The summed E-state index contributed by atoms with van der Waals surface area (Å²) in [6.07, 6.45) is 0.242. The number of nitrogens with one attached hydrogen (secondary N) is 1. The smallest absolute Gasteiger partial charge is 0.306 e. The number of esters is 1. The number of hydrogen-bond donors (Lipinski definition) is 1. The van der Waals surface area contributed by atoms with Crippen molar-refractivity contribution < 1.29 is 14.3 Å². The van der Waals surface area contributed by atoms with Crippen molar-refractivity contribution in [1.29, 1.82) is 0 Å². The highest BCUT2D eigenvalue weighted by atomic mass is 16.5. The van der Waals surface area contributed by atoms with Crippen molar-refractivity contribution in [3.05, 3.63) is 96.1 Å². The molecular formula is C27H28N2O3. The van der Waals surface area contributed by atoms with Gasteiger partial charge in [0.15, 0.2) is 0 Å². The van der Waals surface area contributed by atoms with Crippen molar-refractivity contribution in [2.45, 2.75) is 31.7 Å². The van der Waals surface area contributed by atoms with E-state index in [1.165, 1.54) is 0 Å². The van der Waals surface area contributed by atoms with Crippen molar-refractivity contribution in [3.63, 3.8) is 0 Å². The van der Waals surface area contributed by atoms with Gasteiger partial charge in [0, 0.05) is 5.92 Å². The average Bonchev–Trinajstić information content (AvgIpc) is 2.81. The highest BCUT2D eigenvalue weighted by Gasteiger charge is 2.38. The van der Waals surface area contributed by atoms with Crippen LogP contribution in [0.15, 0.2) is 84.9 Å². The van der Waals surface area contributed by atoms with Gasteiger partial charge in [0.05, 0.1) is 24.3 Å². The van der Waals surface area contributed by atoms with Gasteiger partial charge in [-0.1, -0.05) is 72.8 Å². The molecule has 3 aromatic carbocycles. The summed E-state index contributed by atoms with van der Waals surface area (Å²) < 4.78 is 5.60. The van der Waals surface area contributed by atoms with Crippen LogP contribution in [0.2, 0.25) is 0 Å². The number of anilines is 2. The van der Waals surface area contributed by atoms with Gasteiger partial charge in [-0.2, -0.15) is 0 Å². The number of ether oxygens (including phenoxy) is 1. The van der Waals surface area contributed by atoms with Crippen LogP contribution in [0.4, 0.5) is 11.4 Å². The Kier molecular flexibility index (Phi) is 6.26. The van der Waals surface area contributed by atoms with Gasteiger partial charge in [-0.25, -0.2) is 0 Å². The molecule has 1 aliphatic rings. The third-order valence-corrected chi connectivity index (χ3v) is 5.77. The summed E-state index contributed by atoms with van der Waals surface area (Å²) in [4.78, 5) is 27.4. The van der Waals surface area contributed by atoms with Gasteiger partial charge in [0.25, 0.3) is 5.91 Å². The summed E-state index contributed by atoms with van der Waals surface area (Å²) >= 11 is 0. The number of carbonyl (C=O) groups is 2. The zero-order chi connectivity index (χ0) is 22.6. The molecule has 0 radical (unpaired) electrons. The van der Waals surface area contributed by atoms with E-state index in [0.29, 0.717) is 6.54 Å². The Hall–Kier alpha value is -3.60. The third kappa shape index (κ3) is 4.67. The van der Waals surface area contributed by atoms with E-state index < -0.39 is 5.54 Å². The number of fused-ring (bicyclic) bond motifs is 1. The van der Waals surface area contributed by atoms with Gasteiger partial charge in [-0.3, -0.25) is 9.59 Å². The normalized spacial score (nSPS) is 14.6. The van der Waals surface area contributed by atoms with Gasteiger partial charge in [-0.15, -0.1) is 0 Å². The Labute approximate surface area is 189 Å². The van der Waals surface area contributed by atoms with Crippen LogP contribution < -0.4 is 10.2 Å². The zero-order valence-corrected chi connectivity index (χ0v) is 18.5. The molecule has 1 N–H and O–H groups in total. The molecule has 0 aliphatic carbocycles. The summed E-state index contributed by atoms with van der Waals surface area (Å²) in [5.74, 6) is -0.401. The average molecular weight is 429 g/mol. The molecule has 1 amide bonds. The van der Waals surface area contributed by atoms with E-state index in [4.69, 9.17) is 4.74 Å². The molecule has 5 heteroatoms. The fraction of sp³-hybridized carbons (Fsp3) is 0.259. The van der Waals surface area contributed by atoms with Crippen LogP contribution in [-0.2, 0) is 14.3 Å². The molecule has 0 saturated heterocycles. The highest BCUT2D eigenvalue weighted by Crippen LogP contribution is 2.35. The summed E-state index contributed by atoms with van der Waals surface area (Å²) in [5, 5.41) is 3.28. The molecule has 0 atom stereocenters. The van der Waals surface area contributed by atoms with Crippen LogP contribution in [0.5, 0.6) is 0 Å². The lowest BCUT2D eigenvalue weighted by Crippen LogP contribution is -2.54. The largest absolute Gasteiger partial charge is 0.464 e. The molecule has 3 aromatic rings. The molecular weight excluding hydrogens is 400 g/mol. The van der Waals surface area contributed by atoms with Crippen LogP contribution in [-0.4, -0.2) is 30.6 Å². The Morgan fingerprint density at radius 1 is 0.906 bits per heavy atom. The minimum atomic E-state index is -0.718. The Bertz CT molecular complexity index is 1040. The van der Waals surface area contributed by atoms with Crippen molar-refractivity contribution in [2.24, 2.45) is 0 Å². The first kappa shape index (κ1) is 21.6. The maximum Gasteiger partial charge on any atom is 0.306 e. The van der Waals surface area contributed by atoms with E-state index in [1.807, 2.05) is 98.8 Å². The molecule has 1 heterocycles. The third-order valence-electron chi connectivity index (χ3n) is 5.77. The number of hydrogen-bond acceptors (Lipinski definition) is 4. The predicted octanol–water partition coefficient (Wildman–Crippen LogP) is 4.99. The van der Waals surface area contributed by atoms with Gasteiger partial charge in [-0.05, 0) is 37.1 Å². The van der Waals surface area contributed by atoms with Crippen LogP contribution in [0.1, 0.15) is 37.3 Å². The van der Waals surface area contributed by atoms with Gasteiger partial charge in [0.2, 0.25) is 0 Å². The Morgan fingerprint density at radius 2 is 1.47 bits per heavy atom. The van der Waals surface area contributed by atoms with E-state index in [9.17, 15) is 9.59 Å². The fourth-order valence-electron chi connectivity index (χ4n) is 4.15. The lowest BCUT2D eigenvalue weighted by Gasteiger charge is -2.39. The fourth-order valence-corrected chi connectivity index (χ4v) is 4.15. The van der Waals surface area contributed by atoms with Crippen molar-refractivity contribution in [1.82, 2.24) is 0 Å². The maximum absolute atomic E-state index is 13.0. The molecule has 0 unspecified atom stereocenters. The molecule has 32 heavy (non-hydrogen) atoms. The minimum Gasteiger partial charge on any atom is -0.464 e. The monoisotopic (exact) mass is 428 g/mol. The maximum atomic E-state index is 13.0. The molecule has 1 aliphatic heterocycles. The van der Waals surface area contributed by atoms with Gasteiger partial charge < -0.3 is 15.0 Å². The molecule has 5 nitrogen and oxygen atoms in total.